The van der Waals surface area contributed by atoms with Gasteiger partial charge in [0.15, 0.2) is 0 Å². The molecule has 1 saturated heterocycles. The molecular formula is C17H18FN7O. The van der Waals surface area contributed by atoms with Crippen LogP contribution in [0, 0.1) is 5.82 Å². The molecule has 134 valence electrons. The van der Waals surface area contributed by atoms with Gasteiger partial charge in [0.05, 0.1) is 0 Å². The van der Waals surface area contributed by atoms with Gasteiger partial charge in [-0.15, -0.1) is 10.2 Å². The molecule has 2 aromatic heterocycles. The van der Waals surface area contributed by atoms with Crippen molar-refractivity contribution in [3.05, 3.63) is 48.0 Å². The Labute approximate surface area is 149 Å². The summed E-state index contributed by atoms with van der Waals surface area (Å²) in [5.74, 6) is 0.269. The van der Waals surface area contributed by atoms with Crippen molar-refractivity contribution < 1.29 is 9.18 Å². The molecule has 0 radical (unpaired) electrons. The average Bonchev–Trinajstić information content (AvgIpc) is 3.34. The first kappa shape index (κ1) is 16.4. The number of aromatic amines is 1. The maximum Gasteiger partial charge on any atom is 0.246 e. The van der Waals surface area contributed by atoms with Crippen LogP contribution in [0.4, 0.5) is 4.39 Å². The number of nitrogens with one attached hydrogen (secondary N) is 1. The van der Waals surface area contributed by atoms with Crippen molar-refractivity contribution >= 4 is 5.91 Å². The number of halogens is 1. The van der Waals surface area contributed by atoms with Crippen molar-refractivity contribution in [1.29, 1.82) is 0 Å². The summed E-state index contributed by atoms with van der Waals surface area (Å²) in [5.41, 5.74) is 1.71. The Hall–Kier alpha value is -3.10. The maximum atomic E-state index is 13.0. The van der Waals surface area contributed by atoms with Crippen LogP contribution in [0.5, 0.6) is 0 Å². The molecule has 26 heavy (non-hydrogen) atoms. The summed E-state index contributed by atoms with van der Waals surface area (Å²) in [5, 5.41) is 19.1. The molecule has 9 heteroatoms. The van der Waals surface area contributed by atoms with Crippen LogP contribution in [0.25, 0.3) is 11.4 Å². The summed E-state index contributed by atoms with van der Waals surface area (Å²) in [4.78, 5) is 15.7. The van der Waals surface area contributed by atoms with Gasteiger partial charge >= 0.3 is 0 Å². The number of likely N-dealkylation sites (tertiary alicyclic amines) is 1. The number of nitrogens with zero attached hydrogens (tertiary/aromatic N) is 6. The Morgan fingerprint density at radius 1 is 1.27 bits per heavy atom. The van der Waals surface area contributed by atoms with Gasteiger partial charge in [-0.3, -0.25) is 9.89 Å². The number of H-pyrrole nitrogens is 1. The number of piperidine rings is 1. The number of amides is 1. The highest BCUT2D eigenvalue weighted by molar-refractivity contribution is 5.76. The van der Waals surface area contributed by atoms with Crippen molar-refractivity contribution in [2.24, 2.45) is 0 Å². The molecule has 0 aliphatic carbocycles. The van der Waals surface area contributed by atoms with Crippen LogP contribution in [0.2, 0.25) is 0 Å². The van der Waals surface area contributed by atoms with Crippen LogP contribution in [-0.4, -0.2) is 54.3 Å². The number of aromatic nitrogens is 6. The van der Waals surface area contributed by atoms with Gasteiger partial charge in [-0.25, -0.2) is 4.39 Å². The molecule has 0 spiro atoms. The number of tetrazole rings is 1. The molecule has 8 nitrogen and oxygen atoms in total. The highest BCUT2D eigenvalue weighted by atomic mass is 19.1. The van der Waals surface area contributed by atoms with Crippen molar-refractivity contribution in [2.45, 2.75) is 25.3 Å². The Kier molecular flexibility index (Phi) is 4.42. The van der Waals surface area contributed by atoms with E-state index in [1.54, 1.807) is 18.3 Å². The van der Waals surface area contributed by atoms with Gasteiger partial charge in [-0.1, -0.05) is 0 Å². The largest absolute Gasteiger partial charge is 0.340 e. The second-order valence-electron chi connectivity index (χ2n) is 6.34. The summed E-state index contributed by atoms with van der Waals surface area (Å²) in [7, 11) is 0. The average molecular weight is 355 g/mol. The lowest BCUT2D eigenvalue weighted by Crippen LogP contribution is -2.41. The van der Waals surface area contributed by atoms with E-state index in [1.807, 2.05) is 11.0 Å². The van der Waals surface area contributed by atoms with Crippen LogP contribution in [-0.2, 0) is 11.3 Å². The fraction of sp³-hybridized carbons (Fsp3) is 0.353. The van der Waals surface area contributed by atoms with Gasteiger partial charge in [0, 0.05) is 36.5 Å². The fourth-order valence-corrected chi connectivity index (χ4v) is 3.20. The van der Waals surface area contributed by atoms with E-state index < -0.39 is 0 Å². The van der Waals surface area contributed by atoms with Crippen LogP contribution < -0.4 is 0 Å². The third kappa shape index (κ3) is 3.46. The molecule has 1 fully saturated rings. The lowest BCUT2D eigenvalue weighted by atomic mass is 9.95. The van der Waals surface area contributed by atoms with E-state index in [0.29, 0.717) is 17.9 Å². The second-order valence-corrected chi connectivity index (χ2v) is 6.34. The molecule has 1 amide bonds. The minimum Gasteiger partial charge on any atom is -0.340 e. The SMILES string of the molecule is O=C(Cn1nnc(-c2ccc(F)cc2)n1)N1CCCC(c2ccn[nH]2)C1. The molecular weight excluding hydrogens is 337 g/mol. The molecule has 0 saturated carbocycles. The van der Waals surface area contributed by atoms with Gasteiger partial charge in [0.25, 0.3) is 0 Å². The van der Waals surface area contributed by atoms with Crippen LogP contribution in [0.3, 0.4) is 0 Å². The lowest BCUT2D eigenvalue weighted by molar-refractivity contribution is -0.133. The Morgan fingerprint density at radius 2 is 2.12 bits per heavy atom. The number of rotatable bonds is 4. The predicted octanol–water partition coefficient (Wildman–Crippen LogP) is 1.61. The Bertz CT molecular complexity index is 875. The van der Waals surface area contributed by atoms with E-state index >= 15 is 0 Å². The van der Waals surface area contributed by atoms with E-state index in [2.05, 4.69) is 25.6 Å². The number of hydrogen-bond donors (Lipinski definition) is 1. The summed E-state index contributed by atoms with van der Waals surface area (Å²) in [6, 6.07) is 7.79. The molecule has 0 bridgehead atoms. The normalized spacial score (nSPS) is 17.4. The van der Waals surface area contributed by atoms with E-state index in [0.717, 1.165) is 25.1 Å². The minimum absolute atomic E-state index is 0.0316. The fourth-order valence-electron chi connectivity index (χ4n) is 3.20. The molecule has 3 heterocycles. The summed E-state index contributed by atoms with van der Waals surface area (Å²) in [6.07, 6.45) is 3.70. The quantitative estimate of drug-likeness (QED) is 0.767. The van der Waals surface area contributed by atoms with Gasteiger partial charge in [0.1, 0.15) is 12.4 Å². The maximum absolute atomic E-state index is 13.0. The molecule has 1 aliphatic rings. The first-order chi connectivity index (χ1) is 12.7. The number of benzene rings is 1. The first-order valence-electron chi connectivity index (χ1n) is 8.50. The third-order valence-corrected chi connectivity index (χ3v) is 4.57. The van der Waals surface area contributed by atoms with Gasteiger partial charge < -0.3 is 4.90 Å². The standard InChI is InChI=1S/C17H18FN7O/c18-14-5-3-12(4-6-14)17-21-23-25(22-17)11-16(26)24-9-1-2-13(10-24)15-7-8-19-20-15/h3-8,13H,1-2,9-11H2,(H,19,20). The number of hydrogen-bond acceptors (Lipinski definition) is 5. The number of carbonyl (C=O) groups excluding carboxylic acids is 1. The van der Waals surface area contributed by atoms with Crippen molar-refractivity contribution in [1.82, 2.24) is 35.3 Å². The van der Waals surface area contributed by atoms with Crippen LogP contribution in [0.1, 0.15) is 24.5 Å². The van der Waals surface area contributed by atoms with E-state index in [-0.39, 0.29) is 24.2 Å². The molecule has 3 aromatic rings. The molecule has 4 rings (SSSR count). The monoisotopic (exact) mass is 355 g/mol. The smallest absolute Gasteiger partial charge is 0.246 e. The Balaban J connectivity index is 1.41. The van der Waals surface area contributed by atoms with Gasteiger partial charge in [0.2, 0.25) is 11.7 Å². The highest BCUT2D eigenvalue weighted by Gasteiger charge is 2.26. The van der Waals surface area contributed by atoms with Crippen LogP contribution >= 0.6 is 0 Å². The summed E-state index contributed by atoms with van der Waals surface area (Å²) in [6.45, 7) is 1.41. The molecule has 1 aliphatic heterocycles. The molecule has 1 atom stereocenters. The lowest BCUT2D eigenvalue weighted by Gasteiger charge is -2.32. The summed E-state index contributed by atoms with van der Waals surface area (Å²) < 4.78 is 13.0. The zero-order chi connectivity index (χ0) is 17.9. The zero-order valence-electron chi connectivity index (χ0n) is 14.0. The van der Waals surface area contributed by atoms with Gasteiger partial charge in [-0.2, -0.15) is 9.90 Å². The van der Waals surface area contributed by atoms with E-state index in [1.165, 1.54) is 16.9 Å². The second kappa shape index (κ2) is 7.03. The zero-order valence-corrected chi connectivity index (χ0v) is 14.0. The van der Waals surface area contributed by atoms with Crippen molar-refractivity contribution in [2.75, 3.05) is 13.1 Å². The topological polar surface area (TPSA) is 92.6 Å². The molecule has 1 N–H and O–H groups in total. The van der Waals surface area contributed by atoms with Crippen molar-refractivity contribution in [3.63, 3.8) is 0 Å². The Morgan fingerprint density at radius 3 is 2.88 bits per heavy atom. The highest BCUT2D eigenvalue weighted by Crippen LogP contribution is 2.25. The molecule has 1 aromatic carbocycles. The summed E-state index contributed by atoms with van der Waals surface area (Å²) >= 11 is 0. The van der Waals surface area contributed by atoms with Crippen molar-refractivity contribution in [3.8, 4) is 11.4 Å². The van der Waals surface area contributed by atoms with Crippen LogP contribution in [0.15, 0.2) is 36.5 Å². The third-order valence-electron chi connectivity index (χ3n) is 4.57. The minimum atomic E-state index is -0.326. The first-order valence-corrected chi connectivity index (χ1v) is 8.50. The van der Waals surface area contributed by atoms with E-state index in [9.17, 15) is 9.18 Å². The number of carbonyl (C=O) groups is 1. The van der Waals surface area contributed by atoms with Gasteiger partial charge in [-0.05, 0) is 48.4 Å². The predicted molar refractivity (Wildman–Crippen MR) is 90.4 cm³/mol. The molecule has 1 unspecified atom stereocenters. The van der Waals surface area contributed by atoms with E-state index in [4.69, 9.17) is 0 Å².